The maximum Gasteiger partial charge on any atom is 0.338 e. The molecule has 0 atom stereocenters. The van der Waals surface area contributed by atoms with Crippen molar-refractivity contribution < 1.29 is 23.9 Å². The number of amides is 3. The first kappa shape index (κ1) is 22.7. The molecule has 3 amide bonds. The number of methoxy groups -OCH3 is 1. The molecule has 2 aromatic rings. The summed E-state index contributed by atoms with van der Waals surface area (Å²) >= 11 is 0. The lowest BCUT2D eigenvalue weighted by Crippen LogP contribution is -2.39. The zero-order valence-corrected chi connectivity index (χ0v) is 17.6. The van der Waals surface area contributed by atoms with Crippen LogP contribution in [-0.2, 0) is 16.1 Å². The fourth-order valence-corrected chi connectivity index (χ4v) is 2.57. The van der Waals surface area contributed by atoms with E-state index in [2.05, 4.69) is 16.0 Å². The second-order valence-corrected chi connectivity index (χ2v) is 7.01. The molecule has 160 valence electrons. The Balaban J connectivity index is 1.84. The Morgan fingerprint density at radius 3 is 2.37 bits per heavy atom. The van der Waals surface area contributed by atoms with Crippen LogP contribution in [0.1, 0.15) is 35.3 Å². The smallest absolute Gasteiger partial charge is 0.338 e. The molecule has 0 aliphatic carbocycles. The van der Waals surface area contributed by atoms with Gasteiger partial charge in [0.15, 0.2) is 6.61 Å². The van der Waals surface area contributed by atoms with E-state index in [1.54, 1.807) is 36.4 Å². The molecular weight excluding hydrogens is 386 g/mol. The summed E-state index contributed by atoms with van der Waals surface area (Å²) in [5, 5.41) is 8.13. The quantitative estimate of drug-likeness (QED) is 0.577. The number of rotatable bonds is 8. The second-order valence-electron chi connectivity index (χ2n) is 7.01. The summed E-state index contributed by atoms with van der Waals surface area (Å²) in [4.78, 5) is 35.9. The van der Waals surface area contributed by atoms with Gasteiger partial charge in [-0.05, 0) is 56.2 Å². The number of hydrogen-bond donors (Lipinski definition) is 3. The van der Waals surface area contributed by atoms with Gasteiger partial charge in [0.1, 0.15) is 5.75 Å². The van der Waals surface area contributed by atoms with E-state index in [1.165, 1.54) is 7.11 Å². The molecule has 0 aliphatic heterocycles. The number of aryl methyl sites for hydroxylation is 1. The Hall–Kier alpha value is -3.55. The fourth-order valence-electron chi connectivity index (χ4n) is 2.57. The highest BCUT2D eigenvalue weighted by Gasteiger charge is 2.12. The van der Waals surface area contributed by atoms with Crippen molar-refractivity contribution in [3.05, 3.63) is 59.2 Å². The SMILES string of the molecule is COc1ccc(C)cc1NC(=O)COC(=O)c1ccc(CNC(=O)NC(C)C)cc1. The van der Waals surface area contributed by atoms with E-state index in [-0.39, 0.29) is 12.1 Å². The first-order valence-corrected chi connectivity index (χ1v) is 9.53. The van der Waals surface area contributed by atoms with Crippen molar-refractivity contribution in [2.45, 2.75) is 33.4 Å². The number of carbonyl (C=O) groups excluding carboxylic acids is 3. The standard InChI is InChI=1S/C22H27N3O5/c1-14(2)24-22(28)23-12-16-6-8-17(9-7-16)21(27)30-13-20(26)25-18-11-15(3)5-10-19(18)29-4/h5-11,14H,12-13H2,1-4H3,(H,25,26)(H2,23,24,28). The molecule has 8 heteroatoms. The summed E-state index contributed by atoms with van der Waals surface area (Å²) in [6, 6.07) is 11.8. The first-order chi connectivity index (χ1) is 14.3. The molecule has 0 radical (unpaired) electrons. The zero-order valence-electron chi connectivity index (χ0n) is 17.6. The van der Waals surface area contributed by atoms with Gasteiger partial charge in [-0.3, -0.25) is 4.79 Å². The Morgan fingerprint density at radius 2 is 1.73 bits per heavy atom. The van der Waals surface area contributed by atoms with Gasteiger partial charge < -0.3 is 25.4 Å². The van der Waals surface area contributed by atoms with Gasteiger partial charge in [-0.1, -0.05) is 18.2 Å². The van der Waals surface area contributed by atoms with Crippen molar-refractivity contribution in [3.63, 3.8) is 0 Å². The lowest BCUT2D eigenvalue weighted by atomic mass is 10.1. The van der Waals surface area contributed by atoms with E-state index < -0.39 is 18.5 Å². The minimum Gasteiger partial charge on any atom is -0.495 e. The number of urea groups is 1. The van der Waals surface area contributed by atoms with E-state index in [4.69, 9.17) is 9.47 Å². The fraction of sp³-hybridized carbons (Fsp3) is 0.318. The number of nitrogens with one attached hydrogen (secondary N) is 3. The van der Waals surface area contributed by atoms with Crippen molar-refractivity contribution >= 4 is 23.6 Å². The van der Waals surface area contributed by atoms with Crippen molar-refractivity contribution in [2.24, 2.45) is 0 Å². The molecule has 3 N–H and O–H groups in total. The van der Waals surface area contributed by atoms with Crippen LogP contribution in [0.5, 0.6) is 5.75 Å². The van der Waals surface area contributed by atoms with Crippen LogP contribution in [0.3, 0.4) is 0 Å². The predicted octanol–water partition coefficient (Wildman–Crippen LogP) is 3.01. The lowest BCUT2D eigenvalue weighted by Gasteiger charge is -2.11. The topological polar surface area (TPSA) is 106 Å². The number of ether oxygens (including phenoxy) is 2. The third-order valence-electron chi connectivity index (χ3n) is 4.03. The number of anilines is 1. The lowest BCUT2D eigenvalue weighted by molar-refractivity contribution is -0.119. The van der Waals surface area contributed by atoms with E-state index in [1.807, 2.05) is 26.8 Å². The van der Waals surface area contributed by atoms with E-state index in [0.29, 0.717) is 23.5 Å². The van der Waals surface area contributed by atoms with Gasteiger partial charge >= 0.3 is 12.0 Å². The summed E-state index contributed by atoms with van der Waals surface area (Å²) in [5.74, 6) is -0.561. The van der Waals surface area contributed by atoms with Gasteiger partial charge in [-0.15, -0.1) is 0 Å². The summed E-state index contributed by atoms with van der Waals surface area (Å²) in [6.07, 6.45) is 0. The van der Waals surface area contributed by atoms with Crippen molar-refractivity contribution in [3.8, 4) is 5.75 Å². The van der Waals surface area contributed by atoms with Crippen LogP contribution >= 0.6 is 0 Å². The highest BCUT2D eigenvalue weighted by Crippen LogP contribution is 2.25. The maximum absolute atomic E-state index is 12.2. The molecule has 2 rings (SSSR count). The van der Waals surface area contributed by atoms with Gasteiger partial charge in [0, 0.05) is 12.6 Å². The maximum atomic E-state index is 12.2. The Bertz CT molecular complexity index is 894. The molecule has 0 unspecified atom stereocenters. The monoisotopic (exact) mass is 413 g/mol. The Kier molecular flexibility index (Phi) is 8.22. The molecule has 2 aromatic carbocycles. The summed E-state index contributed by atoms with van der Waals surface area (Å²) in [7, 11) is 1.51. The molecule has 0 bridgehead atoms. The molecule has 0 saturated heterocycles. The van der Waals surface area contributed by atoms with Crippen LogP contribution in [0.2, 0.25) is 0 Å². The molecule has 0 heterocycles. The molecule has 0 spiro atoms. The van der Waals surface area contributed by atoms with Crippen LogP contribution in [0.25, 0.3) is 0 Å². The van der Waals surface area contributed by atoms with Crippen molar-refractivity contribution in [2.75, 3.05) is 19.0 Å². The largest absolute Gasteiger partial charge is 0.495 e. The number of carbonyl (C=O) groups is 3. The number of benzene rings is 2. The molecule has 0 saturated carbocycles. The Labute approximate surface area is 175 Å². The Morgan fingerprint density at radius 1 is 1.03 bits per heavy atom. The molecule has 0 aliphatic rings. The minimum atomic E-state index is -0.613. The zero-order chi connectivity index (χ0) is 22.1. The highest BCUT2D eigenvalue weighted by molar-refractivity contribution is 5.96. The third kappa shape index (κ3) is 7.12. The van der Waals surface area contributed by atoms with Crippen LogP contribution in [0.15, 0.2) is 42.5 Å². The highest BCUT2D eigenvalue weighted by atomic mass is 16.5. The first-order valence-electron chi connectivity index (χ1n) is 9.53. The third-order valence-corrected chi connectivity index (χ3v) is 4.03. The molecule has 8 nitrogen and oxygen atoms in total. The average Bonchev–Trinajstić information content (AvgIpc) is 2.70. The van der Waals surface area contributed by atoms with Crippen LogP contribution < -0.4 is 20.7 Å². The van der Waals surface area contributed by atoms with Crippen LogP contribution in [0.4, 0.5) is 10.5 Å². The second kappa shape index (κ2) is 10.8. The van der Waals surface area contributed by atoms with Gasteiger partial charge in [0.2, 0.25) is 0 Å². The van der Waals surface area contributed by atoms with Crippen molar-refractivity contribution in [1.82, 2.24) is 10.6 Å². The predicted molar refractivity (Wildman–Crippen MR) is 114 cm³/mol. The summed E-state index contributed by atoms with van der Waals surface area (Å²) in [5.41, 5.74) is 2.61. The minimum absolute atomic E-state index is 0.0475. The van der Waals surface area contributed by atoms with Crippen LogP contribution in [0, 0.1) is 6.92 Å². The van der Waals surface area contributed by atoms with E-state index >= 15 is 0 Å². The van der Waals surface area contributed by atoms with Gasteiger partial charge in [-0.25, -0.2) is 9.59 Å². The molecular formula is C22H27N3O5. The van der Waals surface area contributed by atoms with E-state index in [9.17, 15) is 14.4 Å². The average molecular weight is 413 g/mol. The molecule has 0 fully saturated rings. The normalized spacial score (nSPS) is 10.3. The van der Waals surface area contributed by atoms with Gasteiger partial charge in [0.25, 0.3) is 5.91 Å². The molecule has 0 aromatic heterocycles. The van der Waals surface area contributed by atoms with Crippen molar-refractivity contribution in [1.29, 1.82) is 0 Å². The van der Waals surface area contributed by atoms with E-state index in [0.717, 1.165) is 11.1 Å². The van der Waals surface area contributed by atoms with Gasteiger partial charge in [0.05, 0.1) is 18.4 Å². The number of esters is 1. The summed E-state index contributed by atoms with van der Waals surface area (Å²) in [6.45, 7) is 5.55. The summed E-state index contributed by atoms with van der Waals surface area (Å²) < 4.78 is 10.3. The molecule has 30 heavy (non-hydrogen) atoms. The van der Waals surface area contributed by atoms with Crippen LogP contribution in [-0.4, -0.2) is 37.7 Å². The van der Waals surface area contributed by atoms with Gasteiger partial charge in [-0.2, -0.15) is 0 Å². The number of hydrogen-bond acceptors (Lipinski definition) is 5.